The zero-order valence-electron chi connectivity index (χ0n) is 39.1. The molecule has 0 aliphatic carbocycles. The first-order valence-electron chi connectivity index (χ1n) is 21.0. The van der Waals surface area contributed by atoms with Crippen molar-refractivity contribution >= 4 is 46.8 Å². The molecule has 0 unspecified atom stereocenters. The van der Waals surface area contributed by atoms with Gasteiger partial charge in [-0.05, 0) is 74.9 Å². The van der Waals surface area contributed by atoms with Crippen LogP contribution in [0, 0.1) is 41.5 Å². The summed E-state index contributed by atoms with van der Waals surface area (Å²) in [7, 11) is 0. The van der Waals surface area contributed by atoms with Crippen molar-refractivity contribution < 1.29 is 28.8 Å². The minimum absolute atomic E-state index is 0.184. The normalized spacial score (nSPS) is 9.36. The number of carbonyl (C=O) groups excluding carboxylic acids is 6. The number of amides is 6. The molecule has 0 saturated carbocycles. The summed E-state index contributed by atoms with van der Waals surface area (Å²) in [4.78, 5) is 79.3. The van der Waals surface area contributed by atoms with Gasteiger partial charge in [-0.25, -0.2) is 0 Å². The molecule has 0 bridgehead atoms. The molecule has 338 valence electrons. The molecule has 0 fully saturated rings. The molecule has 0 aromatic heterocycles. The SMILES string of the molecule is CC.CC.CC.CC.CC.Cc1c(NC(=O)CC(=O)Nc2c(C)c(C(=O)NCCN)c(C)c(C(=O)NCCN)c2C)c(C)c(C(=O)NCCN)c(C)c1C(=O)NCCN. The fourth-order valence-corrected chi connectivity index (χ4v) is 5.78. The van der Waals surface area contributed by atoms with Crippen LogP contribution in [0.3, 0.4) is 0 Å². The number of hydrogen-bond acceptors (Lipinski definition) is 10. The summed E-state index contributed by atoms with van der Waals surface area (Å²) in [6.07, 6.45) is -0.674. The Morgan fingerprint density at radius 2 is 0.542 bits per heavy atom. The lowest BCUT2D eigenvalue weighted by Crippen LogP contribution is -2.34. The number of hydrogen-bond donors (Lipinski definition) is 10. The van der Waals surface area contributed by atoms with Crippen LogP contribution < -0.4 is 54.8 Å². The van der Waals surface area contributed by atoms with Crippen LogP contribution in [-0.2, 0) is 9.59 Å². The van der Waals surface area contributed by atoms with Gasteiger partial charge in [0.05, 0.1) is 0 Å². The van der Waals surface area contributed by atoms with E-state index in [0.717, 1.165) is 0 Å². The molecular weight excluding hydrogens is 753 g/mol. The van der Waals surface area contributed by atoms with Gasteiger partial charge in [-0.1, -0.05) is 69.2 Å². The average Bonchev–Trinajstić information content (AvgIpc) is 3.24. The van der Waals surface area contributed by atoms with Crippen LogP contribution in [0.4, 0.5) is 11.4 Å². The van der Waals surface area contributed by atoms with E-state index in [2.05, 4.69) is 31.9 Å². The predicted molar refractivity (Wildman–Crippen MR) is 245 cm³/mol. The van der Waals surface area contributed by atoms with Crippen molar-refractivity contribution in [3.63, 3.8) is 0 Å². The minimum Gasteiger partial charge on any atom is -0.351 e. The van der Waals surface area contributed by atoms with Gasteiger partial charge in [-0.3, -0.25) is 28.8 Å². The van der Waals surface area contributed by atoms with Crippen molar-refractivity contribution in [2.45, 2.75) is 117 Å². The summed E-state index contributed by atoms with van der Waals surface area (Å²) in [6, 6.07) is 0. The Bertz CT molecular complexity index is 1420. The topological polar surface area (TPSA) is 279 Å². The van der Waals surface area contributed by atoms with Crippen molar-refractivity contribution in [1.29, 1.82) is 0 Å². The van der Waals surface area contributed by atoms with E-state index in [1.165, 1.54) is 0 Å². The second-order valence-electron chi connectivity index (χ2n) is 11.5. The van der Waals surface area contributed by atoms with Gasteiger partial charge in [0, 0.05) is 86.0 Å². The lowest BCUT2D eigenvalue weighted by molar-refractivity contribution is -0.123. The van der Waals surface area contributed by atoms with E-state index in [4.69, 9.17) is 22.9 Å². The first-order valence-corrected chi connectivity index (χ1v) is 21.0. The predicted octanol–water partition coefficient (Wildman–Crippen LogP) is 4.39. The van der Waals surface area contributed by atoms with Crippen molar-refractivity contribution in [2.24, 2.45) is 22.9 Å². The highest BCUT2D eigenvalue weighted by Crippen LogP contribution is 2.33. The quantitative estimate of drug-likeness (QED) is 0.107. The summed E-state index contributed by atoms with van der Waals surface area (Å²) in [5.41, 5.74) is 25.7. The number of nitrogens with one attached hydrogen (secondary N) is 6. The van der Waals surface area contributed by atoms with Crippen LogP contribution in [0.1, 0.15) is 150 Å². The highest BCUT2D eigenvalue weighted by atomic mass is 16.2. The summed E-state index contributed by atoms with van der Waals surface area (Å²) in [6.45, 7) is 31.3. The van der Waals surface area contributed by atoms with Crippen molar-refractivity contribution in [1.82, 2.24) is 21.3 Å². The fraction of sp³-hybridized carbons (Fsp3) is 0.581. The molecule has 6 amide bonds. The third kappa shape index (κ3) is 18.3. The molecule has 0 aliphatic heterocycles. The van der Waals surface area contributed by atoms with Crippen molar-refractivity contribution in [2.75, 3.05) is 63.0 Å². The highest BCUT2D eigenvalue weighted by molar-refractivity contribution is 6.13. The average molecular weight is 833 g/mol. The largest absolute Gasteiger partial charge is 0.351 e. The van der Waals surface area contributed by atoms with E-state index in [1.807, 2.05) is 69.2 Å². The molecule has 2 rings (SSSR count). The van der Waals surface area contributed by atoms with Crippen LogP contribution in [0.25, 0.3) is 0 Å². The highest BCUT2D eigenvalue weighted by Gasteiger charge is 2.28. The molecule has 0 aliphatic rings. The van der Waals surface area contributed by atoms with Gasteiger partial charge in [0.15, 0.2) is 0 Å². The molecule has 0 spiro atoms. The standard InChI is InChI=1S/C33H50N10O6.5C2H6/c1-16-24(30(46)38-11-7-34)18(3)28(19(4)25(16)31(47)39-12-8-35)42-22(44)15-23(45)43-29-20(5)26(32(48)40-13-9-36)17(2)27(21(29)6)33(49)41-14-10-37;5*1-2/h7-15,34-37H2,1-6H3,(H,38,46)(H,39,47)(H,40,48)(H,41,49)(H,42,44)(H,43,45);5*1-2H3. The van der Waals surface area contributed by atoms with E-state index in [-0.39, 0.29) is 86.0 Å². The zero-order chi connectivity index (χ0) is 47.0. The molecule has 0 heterocycles. The first-order chi connectivity index (χ1) is 28.2. The van der Waals surface area contributed by atoms with Gasteiger partial charge in [0.25, 0.3) is 23.6 Å². The van der Waals surface area contributed by atoms with E-state index < -0.39 is 41.9 Å². The molecule has 59 heavy (non-hydrogen) atoms. The summed E-state index contributed by atoms with van der Waals surface area (Å²) >= 11 is 0. The Kier molecular flexibility index (Phi) is 36.1. The van der Waals surface area contributed by atoms with Crippen LogP contribution in [-0.4, -0.2) is 87.8 Å². The smallest absolute Gasteiger partial charge is 0.251 e. The van der Waals surface area contributed by atoms with Crippen LogP contribution in [0.15, 0.2) is 0 Å². The van der Waals surface area contributed by atoms with Crippen LogP contribution in [0.5, 0.6) is 0 Å². The van der Waals surface area contributed by atoms with Gasteiger partial charge in [0.1, 0.15) is 6.42 Å². The van der Waals surface area contributed by atoms with Gasteiger partial charge < -0.3 is 54.8 Å². The summed E-state index contributed by atoms with van der Waals surface area (Å²) < 4.78 is 0. The Labute approximate surface area is 354 Å². The Morgan fingerprint density at radius 3 is 0.712 bits per heavy atom. The number of nitrogens with two attached hydrogens (primary N) is 4. The molecular formula is C43H80N10O6. The summed E-state index contributed by atoms with van der Waals surface area (Å²) in [5.74, 6) is -3.40. The Morgan fingerprint density at radius 1 is 0.356 bits per heavy atom. The van der Waals surface area contributed by atoms with Gasteiger partial charge in [0.2, 0.25) is 11.8 Å². The maximum atomic E-state index is 13.4. The van der Waals surface area contributed by atoms with Crippen LogP contribution in [0.2, 0.25) is 0 Å². The fourth-order valence-electron chi connectivity index (χ4n) is 5.78. The number of benzene rings is 2. The van der Waals surface area contributed by atoms with Gasteiger partial charge in [-0.15, -0.1) is 0 Å². The first kappa shape index (κ1) is 60.8. The zero-order valence-corrected chi connectivity index (χ0v) is 39.1. The van der Waals surface area contributed by atoms with Crippen molar-refractivity contribution in [3.05, 3.63) is 55.6 Å². The molecule has 14 N–H and O–H groups in total. The molecule has 0 saturated heterocycles. The number of carbonyl (C=O) groups is 6. The van der Waals surface area contributed by atoms with E-state index in [1.54, 1.807) is 41.5 Å². The lowest BCUT2D eigenvalue weighted by Gasteiger charge is -2.23. The van der Waals surface area contributed by atoms with E-state index in [0.29, 0.717) is 33.4 Å². The summed E-state index contributed by atoms with van der Waals surface area (Å²) in [5, 5.41) is 16.2. The van der Waals surface area contributed by atoms with Crippen LogP contribution >= 0.6 is 0 Å². The van der Waals surface area contributed by atoms with Gasteiger partial charge in [-0.2, -0.15) is 0 Å². The molecule has 0 radical (unpaired) electrons. The van der Waals surface area contributed by atoms with E-state index >= 15 is 0 Å². The molecule has 2 aromatic rings. The minimum atomic E-state index is -0.738. The Balaban J connectivity index is -0.00000140. The number of rotatable bonds is 16. The monoisotopic (exact) mass is 833 g/mol. The molecule has 16 heteroatoms. The maximum Gasteiger partial charge on any atom is 0.251 e. The second-order valence-corrected chi connectivity index (χ2v) is 11.5. The molecule has 16 nitrogen and oxygen atoms in total. The molecule has 0 atom stereocenters. The Hall–Kier alpha value is -4.90. The third-order valence-corrected chi connectivity index (χ3v) is 7.98. The number of anilines is 2. The molecule has 2 aromatic carbocycles. The lowest BCUT2D eigenvalue weighted by atomic mass is 9.89. The van der Waals surface area contributed by atoms with Gasteiger partial charge >= 0.3 is 0 Å². The third-order valence-electron chi connectivity index (χ3n) is 7.98. The van der Waals surface area contributed by atoms with E-state index in [9.17, 15) is 28.8 Å². The maximum absolute atomic E-state index is 13.4. The second kappa shape index (κ2) is 35.1. The van der Waals surface area contributed by atoms with Crippen molar-refractivity contribution in [3.8, 4) is 0 Å².